The Kier molecular flexibility index (Phi) is 5.58. The summed E-state index contributed by atoms with van der Waals surface area (Å²) < 4.78 is 9.75. The van der Waals surface area contributed by atoms with Crippen LogP contribution in [0.2, 0.25) is 0 Å². The minimum Gasteiger partial charge on any atom is -0.385 e. The molecule has 0 aromatic carbocycles. The van der Waals surface area contributed by atoms with E-state index in [9.17, 15) is 4.79 Å². The van der Waals surface area contributed by atoms with Gasteiger partial charge >= 0.3 is 0 Å². The van der Waals surface area contributed by atoms with Crippen LogP contribution < -0.4 is 11.1 Å². The van der Waals surface area contributed by atoms with Gasteiger partial charge in [0.05, 0.1) is 6.04 Å². The van der Waals surface area contributed by atoms with Gasteiger partial charge in [0.1, 0.15) is 0 Å². The molecule has 3 N–H and O–H groups in total. The standard InChI is InChI=1S/C10H18N4O3/c1-7-13-9(17-14-7)3-5-12-10(15)8(11)4-6-16-2/h8H,3-6,11H2,1-2H3,(H,12,15). The maximum absolute atomic E-state index is 11.5. The molecule has 7 nitrogen and oxygen atoms in total. The highest BCUT2D eigenvalue weighted by Gasteiger charge is 2.12. The Balaban J connectivity index is 2.19. The number of methoxy groups -OCH3 is 1. The van der Waals surface area contributed by atoms with E-state index in [4.69, 9.17) is 15.0 Å². The van der Waals surface area contributed by atoms with E-state index in [1.54, 1.807) is 14.0 Å². The number of hydrogen-bond acceptors (Lipinski definition) is 6. The van der Waals surface area contributed by atoms with Gasteiger partial charge in [-0.15, -0.1) is 0 Å². The molecular weight excluding hydrogens is 224 g/mol. The van der Waals surface area contributed by atoms with Crippen LogP contribution in [0.1, 0.15) is 18.1 Å². The van der Waals surface area contributed by atoms with Gasteiger partial charge in [0, 0.05) is 26.7 Å². The Morgan fingerprint density at radius 3 is 3.00 bits per heavy atom. The third kappa shape index (κ3) is 4.92. The first-order valence-electron chi connectivity index (χ1n) is 5.45. The van der Waals surface area contributed by atoms with Gasteiger partial charge in [0.15, 0.2) is 5.82 Å². The molecular formula is C10H18N4O3. The summed E-state index contributed by atoms with van der Waals surface area (Å²) in [5.74, 6) is 0.898. The first-order chi connectivity index (χ1) is 8.13. The Morgan fingerprint density at radius 2 is 2.41 bits per heavy atom. The average molecular weight is 242 g/mol. The first-order valence-corrected chi connectivity index (χ1v) is 5.45. The fourth-order valence-corrected chi connectivity index (χ4v) is 1.24. The monoisotopic (exact) mass is 242 g/mol. The van der Waals surface area contributed by atoms with Crippen LogP contribution in [0.25, 0.3) is 0 Å². The minimum absolute atomic E-state index is 0.196. The molecule has 1 heterocycles. The molecule has 0 fully saturated rings. The topological polar surface area (TPSA) is 103 Å². The highest BCUT2D eigenvalue weighted by Crippen LogP contribution is 1.96. The second kappa shape index (κ2) is 6.97. The number of carbonyl (C=O) groups is 1. The quantitative estimate of drug-likeness (QED) is 0.661. The van der Waals surface area contributed by atoms with Crippen LogP contribution in [0, 0.1) is 6.92 Å². The number of rotatable bonds is 7. The molecule has 0 radical (unpaired) electrons. The molecule has 0 saturated carbocycles. The third-order valence-corrected chi connectivity index (χ3v) is 2.18. The molecule has 1 rings (SSSR count). The Bertz CT molecular complexity index is 353. The highest BCUT2D eigenvalue weighted by molar-refractivity contribution is 5.81. The van der Waals surface area contributed by atoms with Crippen molar-refractivity contribution in [2.24, 2.45) is 5.73 Å². The normalized spacial score (nSPS) is 12.4. The Morgan fingerprint density at radius 1 is 1.65 bits per heavy atom. The molecule has 0 bridgehead atoms. The van der Waals surface area contributed by atoms with E-state index in [0.717, 1.165) is 0 Å². The van der Waals surface area contributed by atoms with Crippen LogP contribution >= 0.6 is 0 Å². The number of nitrogens with zero attached hydrogens (tertiary/aromatic N) is 2. The van der Waals surface area contributed by atoms with E-state index in [1.165, 1.54) is 0 Å². The van der Waals surface area contributed by atoms with Crippen molar-refractivity contribution in [3.63, 3.8) is 0 Å². The molecule has 96 valence electrons. The summed E-state index contributed by atoms with van der Waals surface area (Å²) in [5, 5.41) is 6.35. The van der Waals surface area contributed by atoms with Crippen molar-refractivity contribution in [3.05, 3.63) is 11.7 Å². The molecule has 1 unspecified atom stereocenters. The van der Waals surface area contributed by atoms with Crippen molar-refractivity contribution in [3.8, 4) is 0 Å². The molecule has 1 amide bonds. The number of hydrogen-bond donors (Lipinski definition) is 2. The van der Waals surface area contributed by atoms with Crippen LogP contribution in [0.5, 0.6) is 0 Å². The maximum atomic E-state index is 11.5. The predicted octanol–water partition coefficient (Wildman–Crippen LogP) is -0.599. The summed E-state index contributed by atoms with van der Waals surface area (Å²) in [7, 11) is 1.57. The van der Waals surface area contributed by atoms with Gasteiger partial charge in [0.25, 0.3) is 0 Å². The van der Waals surface area contributed by atoms with Crippen molar-refractivity contribution < 1.29 is 14.1 Å². The molecule has 1 atom stereocenters. The minimum atomic E-state index is -0.542. The summed E-state index contributed by atoms with van der Waals surface area (Å²) in [6.07, 6.45) is 1.01. The number of amides is 1. The van der Waals surface area contributed by atoms with Gasteiger partial charge in [-0.2, -0.15) is 4.98 Å². The summed E-state index contributed by atoms with van der Waals surface area (Å²) in [6, 6.07) is -0.542. The molecule has 1 aromatic rings. The van der Waals surface area contributed by atoms with Crippen molar-refractivity contribution >= 4 is 5.91 Å². The molecule has 1 aromatic heterocycles. The number of nitrogens with two attached hydrogens (primary N) is 1. The SMILES string of the molecule is COCCC(N)C(=O)NCCc1nc(C)no1. The van der Waals surface area contributed by atoms with E-state index in [2.05, 4.69) is 15.5 Å². The smallest absolute Gasteiger partial charge is 0.237 e. The van der Waals surface area contributed by atoms with E-state index in [1.807, 2.05) is 0 Å². The van der Waals surface area contributed by atoms with E-state index in [-0.39, 0.29) is 5.91 Å². The molecule has 0 saturated heterocycles. The zero-order chi connectivity index (χ0) is 12.7. The van der Waals surface area contributed by atoms with Gasteiger partial charge in [-0.05, 0) is 13.3 Å². The average Bonchev–Trinajstić information content (AvgIpc) is 2.71. The molecule has 0 aliphatic rings. The molecule has 0 aliphatic heterocycles. The zero-order valence-corrected chi connectivity index (χ0v) is 10.1. The molecule has 7 heteroatoms. The zero-order valence-electron chi connectivity index (χ0n) is 10.1. The van der Waals surface area contributed by atoms with Crippen LogP contribution in [0.15, 0.2) is 4.52 Å². The molecule has 0 aliphatic carbocycles. The number of aryl methyl sites for hydroxylation is 1. The number of ether oxygens (including phenoxy) is 1. The van der Waals surface area contributed by atoms with Crippen LogP contribution in [0.4, 0.5) is 0 Å². The summed E-state index contributed by atoms with van der Waals surface area (Å²) in [6.45, 7) is 2.64. The third-order valence-electron chi connectivity index (χ3n) is 2.18. The maximum Gasteiger partial charge on any atom is 0.237 e. The molecule has 17 heavy (non-hydrogen) atoms. The fraction of sp³-hybridized carbons (Fsp3) is 0.700. The van der Waals surface area contributed by atoms with E-state index < -0.39 is 6.04 Å². The lowest BCUT2D eigenvalue weighted by Crippen LogP contribution is -2.41. The first kappa shape index (κ1) is 13.6. The van der Waals surface area contributed by atoms with E-state index >= 15 is 0 Å². The summed E-state index contributed by atoms with van der Waals surface area (Å²) in [4.78, 5) is 15.5. The lowest BCUT2D eigenvalue weighted by molar-refractivity contribution is -0.122. The number of aromatic nitrogens is 2. The van der Waals surface area contributed by atoms with Crippen molar-refractivity contribution in [1.82, 2.24) is 15.5 Å². The lowest BCUT2D eigenvalue weighted by Gasteiger charge is -2.10. The van der Waals surface area contributed by atoms with Crippen molar-refractivity contribution in [2.45, 2.75) is 25.8 Å². The largest absolute Gasteiger partial charge is 0.385 e. The van der Waals surface area contributed by atoms with E-state index in [0.29, 0.717) is 37.7 Å². The fourth-order valence-electron chi connectivity index (χ4n) is 1.24. The second-order valence-corrected chi connectivity index (χ2v) is 3.66. The number of nitrogens with one attached hydrogen (secondary N) is 1. The van der Waals surface area contributed by atoms with Gasteiger partial charge in [-0.25, -0.2) is 0 Å². The van der Waals surface area contributed by atoms with Crippen LogP contribution in [0.3, 0.4) is 0 Å². The summed E-state index contributed by atoms with van der Waals surface area (Å²) >= 11 is 0. The molecule has 0 spiro atoms. The predicted molar refractivity (Wildman–Crippen MR) is 60.2 cm³/mol. The lowest BCUT2D eigenvalue weighted by atomic mass is 10.2. The van der Waals surface area contributed by atoms with Gasteiger partial charge < -0.3 is 20.3 Å². The Hall–Kier alpha value is -1.47. The second-order valence-electron chi connectivity index (χ2n) is 3.66. The van der Waals surface area contributed by atoms with Crippen LogP contribution in [-0.2, 0) is 16.0 Å². The van der Waals surface area contributed by atoms with Gasteiger partial charge in [0.2, 0.25) is 11.8 Å². The summed E-state index contributed by atoms with van der Waals surface area (Å²) in [5.41, 5.74) is 5.64. The van der Waals surface area contributed by atoms with Gasteiger partial charge in [-0.1, -0.05) is 5.16 Å². The van der Waals surface area contributed by atoms with Crippen LogP contribution in [-0.4, -0.2) is 42.4 Å². The van der Waals surface area contributed by atoms with Crippen molar-refractivity contribution in [2.75, 3.05) is 20.3 Å². The van der Waals surface area contributed by atoms with Crippen molar-refractivity contribution in [1.29, 1.82) is 0 Å². The van der Waals surface area contributed by atoms with Gasteiger partial charge in [-0.3, -0.25) is 4.79 Å². The number of carbonyl (C=O) groups excluding carboxylic acids is 1. The Labute approximate surface area is 99.7 Å². The highest BCUT2D eigenvalue weighted by atomic mass is 16.5.